The summed E-state index contributed by atoms with van der Waals surface area (Å²) in [5, 5.41) is 0. The van der Waals surface area contributed by atoms with Crippen molar-refractivity contribution in [3.8, 4) is 0 Å². The molecule has 0 radical (unpaired) electrons. The molecular formula is C25H48O2. The minimum atomic E-state index is -0.376. The van der Waals surface area contributed by atoms with Crippen molar-refractivity contribution in [2.75, 3.05) is 0 Å². The van der Waals surface area contributed by atoms with E-state index in [-0.39, 0.29) is 11.3 Å². The summed E-state index contributed by atoms with van der Waals surface area (Å²) in [4.78, 5) is 25.0. The van der Waals surface area contributed by atoms with E-state index in [2.05, 4.69) is 20.8 Å². The number of ketones is 2. The topological polar surface area (TPSA) is 34.1 Å². The van der Waals surface area contributed by atoms with E-state index in [0.29, 0.717) is 30.8 Å². The Labute approximate surface area is 170 Å². The van der Waals surface area contributed by atoms with Gasteiger partial charge in [0.2, 0.25) is 0 Å². The highest BCUT2D eigenvalue weighted by molar-refractivity contribution is 5.85. The average Bonchev–Trinajstić information content (AvgIpc) is 2.63. The molecule has 0 aliphatic rings. The Morgan fingerprint density at radius 3 is 1.56 bits per heavy atom. The lowest BCUT2D eigenvalue weighted by atomic mass is 9.72. The fourth-order valence-electron chi connectivity index (χ4n) is 3.64. The lowest BCUT2D eigenvalue weighted by Crippen LogP contribution is -2.32. The quantitative estimate of drug-likeness (QED) is 0.212. The summed E-state index contributed by atoms with van der Waals surface area (Å²) in [6, 6.07) is 0. The van der Waals surface area contributed by atoms with Crippen molar-refractivity contribution < 1.29 is 9.59 Å². The molecule has 27 heavy (non-hydrogen) atoms. The molecule has 0 saturated heterocycles. The van der Waals surface area contributed by atoms with Gasteiger partial charge < -0.3 is 0 Å². The third kappa shape index (κ3) is 13.2. The van der Waals surface area contributed by atoms with Crippen LogP contribution in [0.25, 0.3) is 0 Å². The van der Waals surface area contributed by atoms with Crippen molar-refractivity contribution in [1.29, 1.82) is 0 Å². The SMILES string of the molecule is CCCCCCCCCC(=O)C(C)(C)C(C)CC(=O)CCCCCCCC. The molecule has 0 spiro atoms. The maximum Gasteiger partial charge on any atom is 0.138 e. The van der Waals surface area contributed by atoms with Crippen LogP contribution >= 0.6 is 0 Å². The van der Waals surface area contributed by atoms with Crippen molar-refractivity contribution in [2.24, 2.45) is 11.3 Å². The molecule has 0 heterocycles. The number of rotatable bonds is 19. The Morgan fingerprint density at radius 2 is 1.07 bits per heavy atom. The Morgan fingerprint density at radius 1 is 0.667 bits per heavy atom. The minimum Gasteiger partial charge on any atom is -0.300 e. The Kier molecular flexibility index (Phi) is 15.9. The van der Waals surface area contributed by atoms with Crippen molar-refractivity contribution >= 4 is 11.6 Å². The summed E-state index contributed by atoms with van der Waals surface area (Å²) in [6.07, 6.45) is 17.9. The van der Waals surface area contributed by atoms with Gasteiger partial charge in [0.1, 0.15) is 11.6 Å². The Bertz CT molecular complexity index is 384. The third-order valence-electron chi connectivity index (χ3n) is 6.30. The van der Waals surface area contributed by atoms with Gasteiger partial charge in [-0.1, -0.05) is 105 Å². The standard InChI is InChI=1S/C25H48O2/c1-6-8-10-12-14-16-18-20-24(27)25(4,5)22(3)21-23(26)19-17-15-13-11-9-7-2/h22H,6-21H2,1-5H3. The fraction of sp³-hybridized carbons (Fsp3) is 0.920. The fourth-order valence-corrected chi connectivity index (χ4v) is 3.64. The van der Waals surface area contributed by atoms with E-state index < -0.39 is 0 Å². The third-order valence-corrected chi connectivity index (χ3v) is 6.30. The zero-order valence-electron chi connectivity index (χ0n) is 19.2. The number of hydrogen-bond acceptors (Lipinski definition) is 2. The molecule has 1 unspecified atom stereocenters. The molecule has 2 heteroatoms. The molecular weight excluding hydrogens is 332 g/mol. The first-order valence-electron chi connectivity index (χ1n) is 11.9. The van der Waals surface area contributed by atoms with Crippen LogP contribution in [0, 0.1) is 11.3 Å². The molecule has 0 bridgehead atoms. The van der Waals surface area contributed by atoms with Crippen LogP contribution < -0.4 is 0 Å². The van der Waals surface area contributed by atoms with Crippen LogP contribution in [0.5, 0.6) is 0 Å². The number of carbonyl (C=O) groups excluding carboxylic acids is 2. The summed E-state index contributed by atoms with van der Waals surface area (Å²) < 4.78 is 0. The second kappa shape index (κ2) is 16.3. The van der Waals surface area contributed by atoms with Gasteiger partial charge in [0.25, 0.3) is 0 Å². The van der Waals surface area contributed by atoms with Crippen LogP contribution in [-0.2, 0) is 9.59 Å². The molecule has 0 aliphatic carbocycles. The maximum absolute atomic E-state index is 12.7. The van der Waals surface area contributed by atoms with Gasteiger partial charge in [-0.2, -0.15) is 0 Å². The predicted molar refractivity (Wildman–Crippen MR) is 118 cm³/mol. The first-order valence-corrected chi connectivity index (χ1v) is 11.9. The number of Topliss-reactive ketones (excluding diaryl/α,β-unsaturated/α-hetero) is 2. The van der Waals surface area contributed by atoms with E-state index in [1.807, 2.05) is 13.8 Å². The molecule has 0 aliphatic heterocycles. The number of carbonyl (C=O) groups is 2. The van der Waals surface area contributed by atoms with E-state index in [9.17, 15) is 9.59 Å². The largest absolute Gasteiger partial charge is 0.300 e. The molecule has 1 atom stereocenters. The summed E-state index contributed by atoms with van der Waals surface area (Å²) in [7, 11) is 0. The van der Waals surface area contributed by atoms with Crippen LogP contribution in [0.2, 0.25) is 0 Å². The molecule has 0 N–H and O–H groups in total. The number of hydrogen-bond donors (Lipinski definition) is 0. The van der Waals surface area contributed by atoms with Gasteiger partial charge in [-0.15, -0.1) is 0 Å². The first-order chi connectivity index (χ1) is 12.9. The molecule has 0 rings (SSSR count). The summed E-state index contributed by atoms with van der Waals surface area (Å²) in [5.74, 6) is 0.827. The molecule has 2 nitrogen and oxygen atoms in total. The smallest absolute Gasteiger partial charge is 0.138 e. The van der Waals surface area contributed by atoms with Crippen LogP contribution in [0.1, 0.15) is 137 Å². The number of unbranched alkanes of at least 4 members (excludes halogenated alkanes) is 11. The van der Waals surface area contributed by atoms with Crippen molar-refractivity contribution in [2.45, 2.75) is 137 Å². The second-order valence-electron chi connectivity index (χ2n) is 9.18. The first kappa shape index (κ1) is 26.3. The molecule has 0 saturated carbocycles. The predicted octanol–water partition coefficient (Wildman–Crippen LogP) is 8.07. The summed E-state index contributed by atoms with van der Waals surface area (Å²) in [5.41, 5.74) is -0.376. The lowest BCUT2D eigenvalue weighted by molar-refractivity contribution is -0.131. The van der Waals surface area contributed by atoms with E-state index in [4.69, 9.17) is 0 Å². The van der Waals surface area contributed by atoms with Gasteiger partial charge in [0.15, 0.2) is 0 Å². The van der Waals surface area contributed by atoms with Gasteiger partial charge in [-0.25, -0.2) is 0 Å². The summed E-state index contributed by atoms with van der Waals surface area (Å²) in [6.45, 7) is 10.6. The highest BCUT2D eigenvalue weighted by atomic mass is 16.1. The summed E-state index contributed by atoms with van der Waals surface area (Å²) >= 11 is 0. The highest BCUT2D eigenvalue weighted by Crippen LogP contribution is 2.32. The van der Waals surface area contributed by atoms with Crippen LogP contribution in [0.15, 0.2) is 0 Å². The maximum atomic E-state index is 12.7. The normalized spacial score (nSPS) is 12.9. The van der Waals surface area contributed by atoms with Crippen molar-refractivity contribution in [3.63, 3.8) is 0 Å². The molecule has 0 aromatic heterocycles. The van der Waals surface area contributed by atoms with Crippen molar-refractivity contribution in [3.05, 3.63) is 0 Å². The zero-order chi connectivity index (χ0) is 20.5. The van der Waals surface area contributed by atoms with Crippen LogP contribution in [0.3, 0.4) is 0 Å². The van der Waals surface area contributed by atoms with Gasteiger partial charge in [-0.3, -0.25) is 9.59 Å². The van der Waals surface area contributed by atoms with E-state index in [1.54, 1.807) is 0 Å². The molecule has 0 fully saturated rings. The minimum absolute atomic E-state index is 0.141. The molecule has 0 amide bonds. The van der Waals surface area contributed by atoms with Crippen LogP contribution in [0.4, 0.5) is 0 Å². The Hall–Kier alpha value is -0.660. The molecule has 160 valence electrons. The Balaban J connectivity index is 3.99. The molecule has 0 aromatic carbocycles. The van der Waals surface area contributed by atoms with Gasteiger partial charge in [-0.05, 0) is 18.8 Å². The average molecular weight is 381 g/mol. The molecule has 0 aromatic rings. The van der Waals surface area contributed by atoms with Crippen molar-refractivity contribution in [1.82, 2.24) is 0 Å². The van der Waals surface area contributed by atoms with Gasteiger partial charge >= 0.3 is 0 Å². The zero-order valence-corrected chi connectivity index (χ0v) is 19.2. The van der Waals surface area contributed by atoms with E-state index in [1.165, 1.54) is 64.2 Å². The van der Waals surface area contributed by atoms with Gasteiger partial charge in [0, 0.05) is 24.7 Å². The second-order valence-corrected chi connectivity index (χ2v) is 9.18. The van der Waals surface area contributed by atoms with E-state index >= 15 is 0 Å². The monoisotopic (exact) mass is 380 g/mol. The van der Waals surface area contributed by atoms with Crippen LogP contribution in [-0.4, -0.2) is 11.6 Å². The highest BCUT2D eigenvalue weighted by Gasteiger charge is 2.33. The lowest BCUT2D eigenvalue weighted by Gasteiger charge is -2.30. The van der Waals surface area contributed by atoms with E-state index in [0.717, 1.165) is 19.3 Å². The van der Waals surface area contributed by atoms with Gasteiger partial charge in [0.05, 0.1) is 0 Å².